The largest absolute Gasteiger partial charge is 0.355 e. The van der Waals surface area contributed by atoms with E-state index in [-0.39, 0.29) is 11.9 Å². The van der Waals surface area contributed by atoms with Crippen LogP contribution in [0.4, 0.5) is 0 Å². The van der Waals surface area contributed by atoms with E-state index in [9.17, 15) is 4.79 Å². The molecule has 3 nitrogen and oxygen atoms in total. The lowest BCUT2D eigenvalue weighted by atomic mass is 10.0. The third kappa shape index (κ3) is 1.90. The molecule has 0 aromatic heterocycles. The first-order valence-electron chi connectivity index (χ1n) is 4.41. The van der Waals surface area contributed by atoms with Crippen LogP contribution in [-0.4, -0.2) is 11.0 Å². The van der Waals surface area contributed by atoms with Crippen molar-refractivity contribution < 1.29 is 4.79 Å². The zero-order valence-corrected chi connectivity index (χ0v) is 8.30. The number of hydrogen-bond donors (Lipinski definition) is 2. The molecule has 1 aromatic carbocycles. The lowest BCUT2D eigenvalue weighted by Crippen LogP contribution is -2.47. The van der Waals surface area contributed by atoms with E-state index >= 15 is 0 Å². The normalized spacial score (nSPS) is 21.3. The van der Waals surface area contributed by atoms with Crippen LogP contribution in [0.5, 0.6) is 0 Å². The van der Waals surface area contributed by atoms with Crippen LogP contribution in [0.25, 0.3) is 0 Å². The summed E-state index contributed by atoms with van der Waals surface area (Å²) in [6, 6.07) is 9.83. The molecule has 1 aliphatic rings. The minimum Gasteiger partial charge on any atom is -0.355 e. The molecule has 1 atom stereocenters. The van der Waals surface area contributed by atoms with Crippen LogP contribution in [0, 0.1) is 0 Å². The highest BCUT2D eigenvalue weighted by Crippen LogP contribution is 2.18. The highest BCUT2D eigenvalue weighted by atomic mass is 32.1. The molecular weight excluding hydrogens is 196 g/mol. The summed E-state index contributed by atoms with van der Waals surface area (Å²) < 4.78 is 0. The third-order valence-electron chi connectivity index (χ3n) is 2.15. The van der Waals surface area contributed by atoms with Crippen LogP contribution in [-0.2, 0) is 4.79 Å². The number of carbonyl (C=O) groups is 1. The van der Waals surface area contributed by atoms with Gasteiger partial charge in [0.1, 0.15) is 0 Å². The van der Waals surface area contributed by atoms with Crippen molar-refractivity contribution in [3.8, 4) is 0 Å². The van der Waals surface area contributed by atoms with E-state index in [1.165, 1.54) is 0 Å². The summed E-state index contributed by atoms with van der Waals surface area (Å²) in [4.78, 5) is 11.2. The van der Waals surface area contributed by atoms with Gasteiger partial charge in [0.2, 0.25) is 5.91 Å². The van der Waals surface area contributed by atoms with E-state index in [1.54, 1.807) is 0 Å². The van der Waals surface area contributed by atoms with E-state index < -0.39 is 0 Å². The Hall–Kier alpha value is -1.42. The Balaban J connectivity index is 2.19. The van der Waals surface area contributed by atoms with Crippen molar-refractivity contribution in [2.75, 3.05) is 0 Å². The van der Waals surface area contributed by atoms with E-state index in [2.05, 4.69) is 10.6 Å². The van der Waals surface area contributed by atoms with Crippen molar-refractivity contribution in [1.82, 2.24) is 10.6 Å². The number of hydrogen-bond acceptors (Lipinski definition) is 2. The van der Waals surface area contributed by atoms with Gasteiger partial charge in [0.15, 0.2) is 5.11 Å². The molecule has 72 valence electrons. The highest BCUT2D eigenvalue weighted by molar-refractivity contribution is 7.80. The second-order valence-electron chi connectivity index (χ2n) is 3.19. The third-order valence-corrected chi connectivity index (χ3v) is 2.37. The maximum atomic E-state index is 11.2. The SMILES string of the molecule is O=C1C[C@H](c2ccccc2)NC(=S)N1. The molecule has 1 amide bonds. The molecule has 14 heavy (non-hydrogen) atoms. The minimum atomic E-state index is -0.0254. The Bertz CT molecular complexity index is 348. The maximum Gasteiger partial charge on any atom is 0.228 e. The molecule has 4 heteroatoms. The molecule has 0 saturated carbocycles. The number of thiocarbonyl (C=S) groups is 1. The van der Waals surface area contributed by atoms with Crippen molar-refractivity contribution in [3.63, 3.8) is 0 Å². The van der Waals surface area contributed by atoms with Gasteiger partial charge >= 0.3 is 0 Å². The molecule has 0 radical (unpaired) electrons. The van der Waals surface area contributed by atoms with Crippen LogP contribution in [0.2, 0.25) is 0 Å². The Morgan fingerprint density at radius 3 is 2.64 bits per heavy atom. The summed E-state index contributed by atoms with van der Waals surface area (Å²) in [5, 5.41) is 6.04. The van der Waals surface area contributed by atoms with Crippen LogP contribution in [0.1, 0.15) is 18.0 Å². The van der Waals surface area contributed by atoms with Crippen molar-refractivity contribution in [2.24, 2.45) is 0 Å². The molecule has 0 bridgehead atoms. The first kappa shape index (κ1) is 9.15. The van der Waals surface area contributed by atoms with Crippen LogP contribution in [0.3, 0.4) is 0 Å². The number of benzene rings is 1. The topological polar surface area (TPSA) is 41.1 Å². The Morgan fingerprint density at radius 2 is 2.00 bits per heavy atom. The standard InChI is InChI=1S/C10H10N2OS/c13-9-6-8(11-10(14)12-9)7-4-2-1-3-5-7/h1-5,8H,6H2,(H2,11,12,13,14)/t8-/m1/s1. The number of carbonyl (C=O) groups excluding carboxylic acids is 1. The molecule has 0 spiro atoms. The quantitative estimate of drug-likeness (QED) is 0.677. The molecule has 0 aliphatic carbocycles. The Kier molecular flexibility index (Phi) is 2.45. The molecule has 1 fully saturated rings. The molecule has 1 aromatic rings. The summed E-state index contributed by atoms with van der Waals surface area (Å²) in [7, 11) is 0. The van der Waals surface area contributed by atoms with Gasteiger partial charge in [0.25, 0.3) is 0 Å². The predicted octanol–water partition coefficient (Wildman–Crippen LogP) is 1.12. The second kappa shape index (κ2) is 3.75. The molecule has 1 aliphatic heterocycles. The van der Waals surface area contributed by atoms with Crippen LogP contribution in [0.15, 0.2) is 30.3 Å². The average molecular weight is 206 g/mol. The van der Waals surface area contributed by atoms with Gasteiger partial charge in [-0.15, -0.1) is 0 Å². The number of rotatable bonds is 1. The van der Waals surface area contributed by atoms with Gasteiger partial charge in [-0.25, -0.2) is 0 Å². The first-order valence-corrected chi connectivity index (χ1v) is 4.82. The van der Waals surface area contributed by atoms with Gasteiger partial charge in [-0.3, -0.25) is 4.79 Å². The number of amides is 1. The van der Waals surface area contributed by atoms with Gasteiger partial charge in [-0.2, -0.15) is 0 Å². The molecular formula is C10H10N2OS. The van der Waals surface area contributed by atoms with Crippen LogP contribution >= 0.6 is 12.2 Å². The monoisotopic (exact) mass is 206 g/mol. The smallest absolute Gasteiger partial charge is 0.228 e. The molecule has 2 N–H and O–H groups in total. The lowest BCUT2D eigenvalue weighted by Gasteiger charge is -2.25. The summed E-state index contributed by atoms with van der Waals surface area (Å²) in [5.74, 6) is -0.0254. The zero-order valence-electron chi connectivity index (χ0n) is 7.49. The average Bonchev–Trinajstić information content (AvgIpc) is 2.18. The van der Waals surface area contributed by atoms with Crippen molar-refractivity contribution in [3.05, 3.63) is 35.9 Å². The number of nitrogens with one attached hydrogen (secondary N) is 2. The second-order valence-corrected chi connectivity index (χ2v) is 3.60. The van der Waals surface area contributed by atoms with E-state index in [0.29, 0.717) is 11.5 Å². The van der Waals surface area contributed by atoms with Gasteiger partial charge in [-0.1, -0.05) is 30.3 Å². The summed E-state index contributed by atoms with van der Waals surface area (Å²) in [6.07, 6.45) is 0.435. The van der Waals surface area contributed by atoms with Gasteiger partial charge in [0.05, 0.1) is 12.5 Å². The van der Waals surface area contributed by atoms with E-state index in [4.69, 9.17) is 12.2 Å². The fourth-order valence-electron chi connectivity index (χ4n) is 1.49. The highest BCUT2D eigenvalue weighted by Gasteiger charge is 2.22. The predicted molar refractivity (Wildman–Crippen MR) is 57.7 cm³/mol. The van der Waals surface area contributed by atoms with Gasteiger partial charge < -0.3 is 10.6 Å². The van der Waals surface area contributed by atoms with Crippen LogP contribution < -0.4 is 10.6 Å². The van der Waals surface area contributed by atoms with Crippen molar-refractivity contribution >= 4 is 23.2 Å². The molecule has 1 heterocycles. The van der Waals surface area contributed by atoms with Crippen molar-refractivity contribution in [1.29, 1.82) is 0 Å². The molecule has 1 saturated heterocycles. The lowest BCUT2D eigenvalue weighted by molar-refractivity contribution is -0.120. The fourth-order valence-corrected chi connectivity index (χ4v) is 1.75. The minimum absolute atomic E-state index is 0.0115. The molecule has 0 unspecified atom stereocenters. The first-order chi connectivity index (χ1) is 6.75. The summed E-state index contributed by atoms with van der Waals surface area (Å²) in [6.45, 7) is 0. The van der Waals surface area contributed by atoms with E-state index in [1.807, 2.05) is 30.3 Å². The van der Waals surface area contributed by atoms with Gasteiger partial charge in [0, 0.05) is 0 Å². The zero-order chi connectivity index (χ0) is 9.97. The van der Waals surface area contributed by atoms with Gasteiger partial charge in [-0.05, 0) is 17.8 Å². The summed E-state index contributed by atoms with van der Waals surface area (Å²) in [5.41, 5.74) is 1.09. The Labute approximate surface area is 87.5 Å². The van der Waals surface area contributed by atoms with Crippen molar-refractivity contribution in [2.45, 2.75) is 12.5 Å². The Morgan fingerprint density at radius 1 is 1.29 bits per heavy atom. The summed E-state index contributed by atoms with van der Waals surface area (Å²) >= 11 is 4.92. The maximum absolute atomic E-state index is 11.2. The fraction of sp³-hybridized carbons (Fsp3) is 0.200. The molecule has 2 rings (SSSR count). The van der Waals surface area contributed by atoms with E-state index in [0.717, 1.165) is 5.56 Å².